The Kier molecular flexibility index (Phi) is 3.49. The number of anilines is 1. The van der Waals surface area contributed by atoms with Crippen LogP contribution in [0.3, 0.4) is 0 Å². The van der Waals surface area contributed by atoms with Crippen molar-refractivity contribution >= 4 is 11.6 Å². The molecule has 0 aliphatic carbocycles. The van der Waals surface area contributed by atoms with Gasteiger partial charge in [0.15, 0.2) is 0 Å². The lowest BCUT2D eigenvalue weighted by Gasteiger charge is -2.32. The minimum absolute atomic E-state index is 0.0305. The van der Waals surface area contributed by atoms with E-state index in [4.69, 9.17) is 15.2 Å². The second-order valence-electron chi connectivity index (χ2n) is 3.92. The fourth-order valence-electron chi connectivity index (χ4n) is 1.71. The molecule has 17 heavy (non-hydrogen) atoms. The van der Waals surface area contributed by atoms with Crippen molar-refractivity contribution in [1.29, 1.82) is 0 Å². The largest absolute Gasteiger partial charge is 0.461 e. The maximum atomic E-state index is 11.3. The van der Waals surface area contributed by atoms with Crippen LogP contribution in [0.1, 0.15) is 6.92 Å². The smallest absolute Gasteiger partial charge is 0.219 e. The normalized spacial score (nSPS) is 20.1. The molecule has 0 saturated carbocycles. The number of para-hydroxylation sites is 2. The van der Waals surface area contributed by atoms with E-state index in [1.165, 1.54) is 0 Å². The minimum atomic E-state index is -0.447. The zero-order valence-corrected chi connectivity index (χ0v) is 9.76. The highest BCUT2D eigenvalue weighted by Gasteiger charge is 2.23. The molecule has 0 aromatic heterocycles. The Morgan fingerprint density at radius 1 is 1.53 bits per heavy atom. The van der Waals surface area contributed by atoms with Crippen LogP contribution in [0.15, 0.2) is 24.3 Å². The van der Waals surface area contributed by atoms with E-state index in [0.717, 1.165) is 0 Å². The predicted octanol–water partition coefficient (Wildman–Crippen LogP) is 0.852. The van der Waals surface area contributed by atoms with E-state index >= 15 is 0 Å². The number of hydrogen-bond donors (Lipinski definition) is 1. The third-order valence-electron chi connectivity index (χ3n) is 2.66. The molecule has 5 nitrogen and oxygen atoms in total. The van der Waals surface area contributed by atoms with E-state index in [2.05, 4.69) is 0 Å². The highest BCUT2D eigenvalue weighted by atomic mass is 16.7. The van der Waals surface area contributed by atoms with Crippen LogP contribution in [-0.2, 0) is 9.53 Å². The molecule has 92 valence electrons. The summed E-state index contributed by atoms with van der Waals surface area (Å²) in [5.41, 5.74) is 6.34. The number of nitrogen functional groups attached to an aromatic ring is 1. The van der Waals surface area contributed by atoms with Crippen molar-refractivity contribution in [3.05, 3.63) is 24.3 Å². The van der Waals surface area contributed by atoms with Crippen molar-refractivity contribution in [1.82, 2.24) is 4.90 Å². The zero-order chi connectivity index (χ0) is 12.3. The summed E-state index contributed by atoms with van der Waals surface area (Å²) < 4.78 is 11.1. The van der Waals surface area contributed by atoms with Gasteiger partial charge in [-0.05, 0) is 12.1 Å². The molecule has 1 saturated heterocycles. The number of nitrogens with zero attached hydrogens (tertiary/aromatic N) is 1. The van der Waals surface area contributed by atoms with Gasteiger partial charge < -0.3 is 20.1 Å². The van der Waals surface area contributed by atoms with Crippen molar-refractivity contribution in [2.75, 3.05) is 25.4 Å². The SMILES string of the molecule is CC(=O)N1CCOC(Oc2ccccc2N)C1. The summed E-state index contributed by atoms with van der Waals surface area (Å²) in [6, 6.07) is 7.23. The molecule has 2 N–H and O–H groups in total. The maximum Gasteiger partial charge on any atom is 0.219 e. The number of ether oxygens (including phenoxy) is 2. The Hall–Kier alpha value is -1.75. The first-order valence-electron chi connectivity index (χ1n) is 5.55. The number of carbonyl (C=O) groups excluding carboxylic acids is 1. The van der Waals surface area contributed by atoms with Gasteiger partial charge in [0.1, 0.15) is 5.75 Å². The van der Waals surface area contributed by atoms with Gasteiger partial charge in [0.05, 0.1) is 18.8 Å². The Morgan fingerprint density at radius 2 is 2.29 bits per heavy atom. The summed E-state index contributed by atoms with van der Waals surface area (Å²) in [6.45, 7) is 3.07. The molecule has 1 atom stereocenters. The first kappa shape index (κ1) is 11.7. The molecule has 1 unspecified atom stereocenters. The molecule has 0 radical (unpaired) electrons. The van der Waals surface area contributed by atoms with Crippen molar-refractivity contribution < 1.29 is 14.3 Å². The molecule has 1 heterocycles. The number of morpholine rings is 1. The number of nitrogens with two attached hydrogens (primary N) is 1. The maximum absolute atomic E-state index is 11.3. The quantitative estimate of drug-likeness (QED) is 0.773. The molecule has 0 bridgehead atoms. The highest BCUT2D eigenvalue weighted by molar-refractivity contribution is 5.73. The van der Waals surface area contributed by atoms with Gasteiger partial charge in [-0.1, -0.05) is 12.1 Å². The van der Waals surface area contributed by atoms with Crippen molar-refractivity contribution in [2.24, 2.45) is 0 Å². The van der Waals surface area contributed by atoms with Crippen LogP contribution in [0.5, 0.6) is 5.75 Å². The topological polar surface area (TPSA) is 64.8 Å². The van der Waals surface area contributed by atoms with Crippen LogP contribution in [0.4, 0.5) is 5.69 Å². The average Bonchev–Trinajstić information content (AvgIpc) is 2.32. The molecular weight excluding hydrogens is 220 g/mol. The van der Waals surface area contributed by atoms with Gasteiger partial charge in [0, 0.05) is 13.5 Å². The van der Waals surface area contributed by atoms with Gasteiger partial charge in [-0.2, -0.15) is 0 Å². The first-order valence-corrected chi connectivity index (χ1v) is 5.55. The van der Waals surface area contributed by atoms with Crippen molar-refractivity contribution in [2.45, 2.75) is 13.2 Å². The molecule has 1 aromatic rings. The lowest BCUT2D eigenvalue weighted by Crippen LogP contribution is -2.47. The molecule has 5 heteroatoms. The second-order valence-corrected chi connectivity index (χ2v) is 3.92. The molecule has 1 amide bonds. The van der Waals surface area contributed by atoms with Crippen LogP contribution in [0.2, 0.25) is 0 Å². The Morgan fingerprint density at radius 3 is 3.00 bits per heavy atom. The summed E-state index contributed by atoms with van der Waals surface area (Å²) in [6.07, 6.45) is -0.447. The lowest BCUT2D eigenvalue weighted by molar-refractivity contribution is -0.154. The average molecular weight is 236 g/mol. The van der Waals surface area contributed by atoms with Crippen molar-refractivity contribution in [3.63, 3.8) is 0 Å². The molecule has 0 spiro atoms. The van der Waals surface area contributed by atoms with Gasteiger partial charge in [-0.15, -0.1) is 0 Å². The molecule has 1 aliphatic heterocycles. The van der Waals surface area contributed by atoms with Gasteiger partial charge in [-0.3, -0.25) is 4.79 Å². The summed E-state index contributed by atoms with van der Waals surface area (Å²) in [7, 11) is 0. The molecular formula is C12H16N2O3. The third kappa shape index (κ3) is 2.88. The van der Waals surface area contributed by atoms with Crippen LogP contribution >= 0.6 is 0 Å². The highest BCUT2D eigenvalue weighted by Crippen LogP contribution is 2.22. The number of rotatable bonds is 2. The van der Waals surface area contributed by atoms with Crippen LogP contribution in [-0.4, -0.2) is 36.8 Å². The van der Waals surface area contributed by atoms with Gasteiger partial charge in [0.25, 0.3) is 0 Å². The van der Waals surface area contributed by atoms with Crippen LogP contribution < -0.4 is 10.5 Å². The Bertz CT molecular complexity index is 408. The Labute approximate surface area is 100 Å². The summed E-state index contributed by atoms with van der Waals surface area (Å²) in [4.78, 5) is 13.0. The van der Waals surface area contributed by atoms with E-state index < -0.39 is 6.29 Å². The van der Waals surface area contributed by atoms with E-state index in [1.807, 2.05) is 12.1 Å². The molecule has 1 aromatic carbocycles. The van der Waals surface area contributed by atoms with E-state index in [9.17, 15) is 4.79 Å². The molecule has 1 fully saturated rings. The first-order chi connectivity index (χ1) is 8.16. The summed E-state index contributed by atoms with van der Waals surface area (Å²) >= 11 is 0. The zero-order valence-electron chi connectivity index (χ0n) is 9.76. The predicted molar refractivity (Wildman–Crippen MR) is 63.5 cm³/mol. The van der Waals surface area contributed by atoms with Gasteiger partial charge in [0.2, 0.25) is 12.2 Å². The second kappa shape index (κ2) is 5.05. The van der Waals surface area contributed by atoms with Gasteiger partial charge >= 0.3 is 0 Å². The van der Waals surface area contributed by atoms with Crippen LogP contribution in [0.25, 0.3) is 0 Å². The summed E-state index contributed by atoms with van der Waals surface area (Å²) in [5.74, 6) is 0.617. The molecule has 2 rings (SSSR count). The van der Waals surface area contributed by atoms with E-state index in [0.29, 0.717) is 31.1 Å². The fraction of sp³-hybridized carbons (Fsp3) is 0.417. The van der Waals surface area contributed by atoms with Gasteiger partial charge in [-0.25, -0.2) is 0 Å². The lowest BCUT2D eigenvalue weighted by atomic mass is 10.3. The van der Waals surface area contributed by atoms with Crippen LogP contribution in [0, 0.1) is 0 Å². The minimum Gasteiger partial charge on any atom is -0.461 e. The monoisotopic (exact) mass is 236 g/mol. The number of benzene rings is 1. The Balaban J connectivity index is 1.99. The summed E-state index contributed by atoms with van der Waals surface area (Å²) in [5, 5.41) is 0. The van der Waals surface area contributed by atoms with Crippen molar-refractivity contribution in [3.8, 4) is 5.75 Å². The standard InChI is InChI=1S/C12H16N2O3/c1-9(15)14-6-7-16-12(8-14)17-11-5-3-2-4-10(11)13/h2-5,12H,6-8,13H2,1H3. The fourth-order valence-corrected chi connectivity index (χ4v) is 1.71. The van der Waals surface area contributed by atoms with E-state index in [-0.39, 0.29) is 5.91 Å². The number of carbonyl (C=O) groups is 1. The molecule has 1 aliphatic rings. The van der Waals surface area contributed by atoms with E-state index in [1.54, 1.807) is 24.0 Å². The number of hydrogen-bond acceptors (Lipinski definition) is 4. The third-order valence-corrected chi connectivity index (χ3v) is 2.66. The number of amides is 1.